The average Bonchev–Trinajstić information content (AvgIpc) is 2.49. The molecule has 2 heterocycles. The minimum absolute atomic E-state index is 0.152. The molecule has 2 rings (SSSR count). The second kappa shape index (κ2) is 3.87. The minimum Gasteiger partial charge on any atom is -0.338 e. The average molecular weight is 233 g/mol. The second-order valence-electron chi connectivity index (χ2n) is 3.36. The van der Waals surface area contributed by atoms with Gasteiger partial charge in [0.05, 0.1) is 0 Å². The SMILES string of the molecule is CC1CCCN1c1nc(Cl)nc(Cl)n1. The summed E-state index contributed by atoms with van der Waals surface area (Å²) in [6.45, 7) is 3.09. The van der Waals surface area contributed by atoms with E-state index in [1.807, 2.05) is 0 Å². The Balaban J connectivity index is 2.31. The van der Waals surface area contributed by atoms with Crippen molar-refractivity contribution < 1.29 is 0 Å². The summed E-state index contributed by atoms with van der Waals surface area (Å²) in [4.78, 5) is 13.9. The Bertz CT molecular complexity index is 324. The summed E-state index contributed by atoms with van der Waals surface area (Å²) < 4.78 is 0. The zero-order valence-electron chi connectivity index (χ0n) is 7.74. The summed E-state index contributed by atoms with van der Waals surface area (Å²) in [6.07, 6.45) is 2.31. The molecule has 0 saturated carbocycles. The third-order valence-corrected chi connectivity index (χ3v) is 2.72. The van der Waals surface area contributed by atoms with Crippen LogP contribution in [0.25, 0.3) is 0 Å². The van der Waals surface area contributed by atoms with Crippen LogP contribution in [0, 0.1) is 0 Å². The standard InChI is InChI=1S/C8H10Cl2N4/c1-5-3-2-4-14(5)8-12-6(9)11-7(10)13-8/h5H,2-4H2,1H3. The summed E-state index contributed by atoms with van der Waals surface area (Å²) in [5.41, 5.74) is 0. The van der Waals surface area contributed by atoms with Crippen molar-refractivity contribution in [2.75, 3.05) is 11.4 Å². The minimum atomic E-state index is 0.152. The number of nitrogens with zero attached hydrogens (tertiary/aromatic N) is 4. The van der Waals surface area contributed by atoms with Gasteiger partial charge in [0.15, 0.2) is 0 Å². The molecule has 0 radical (unpaired) electrons. The molecule has 0 N–H and O–H groups in total. The van der Waals surface area contributed by atoms with Crippen LogP contribution in [0.5, 0.6) is 0 Å². The topological polar surface area (TPSA) is 41.9 Å². The van der Waals surface area contributed by atoms with Crippen molar-refractivity contribution in [2.24, 2.45) is 0 Å². The van der Waals surface area contributed by atoms with Gasteiger partial charge in [-0.15, -0.1) is 0 Å². The van der Waals surface area contributed by atoms with Crippen molar-refractivity contribution in [3.05, 3.63) is 10.6 Å². The molecule has 1 atom stereocenters. The summed E-state index contributed by atoms with van der Waals surface area (Å²) in [5, 5.41) is 0.304. The first-order valence-corrected chi connectivity index (χ1v) is 5.26. The maximum absolute atomic E-state index is 5.70. The van der Waals surface area contributed by atoms with E-state index >= 15 is 0 Å². The van der Waals surface area contributed by atoms with Crippen LogP contribution in [0.2, 0.25) is 10.6 Å². The van der Waals surface area contributed by atoms with Gasteiger partial charge < -0.3 is 4.90 Å². The number of aromatic nitrogens is 3. The molecular weight excluding hydrogens is 223 g/mol. The Morgan fingerprint density at radius 3 is 2.36 bits per heavy atom. The Morgan fingerprint density at radius 1 is 1.21 bits per heavy atom. The predicted octanol–water partition coefficient (Wildman–Crippen LogP) is 2.17. The lowest BCUT2D eigenvalue weighted by Crippen LogP contribution is -2.28. The molecule has 1 unspecified atom stereocenters. The molecule has 1 aliphatic rings. The van der Waals surface area contributed by atoms with Crippen LogP contribution in [0.4, 0.5) is 5.95 Å². The zero-order chi connectivity index (χ0) is 10.1. The highest BCUT2D eigenvalue weighted by molar-refractivity contribution is 6.31. The van der Waals surface area contributed by atoms with E-state index in [2.05, 4.69) is 26.8 Å². The smallest absolute Gasteiger partial charge is 0.231 e. The van der Waals surface area contributed by atoms with E-state index in [-0.39, 0.29) is 10.6 Å². The highest BCUT2D eigenvalue weighted by Gasteiger charge is 2.23. The normalized spacial score (nSPS) is 21.6. The fraction of sp³-hybridized carbons (Fsp3) is 0.625. The summed E-state index contributed by atoms with van der Waals surface area (Å²) >= 11 is 11.4. The third kappa shape index (κ3) is 1.91. The molecule has 6 heteroatoms. The highest BCUT2D eigenvalue weighted by atomic mass is 35.5. The lowest BCUT2D eigenvalue weighted by molar-refractivity contribution is 0.714. The van der Waals surface area contributed by atoms with Crippen molar-refractivity contribution in [2.45, 2.75) is 25.8 Å². The number of hydrogen-bond acceptors (Lipinski definition) is 4. The van der Waals surface area contributed by atoms with Gasteiger partial charge in [-0.25, -0.2) is 0 Å². The summed E-state index contributed by atoms with van der Waals surface area (Å²) in [6, 6.07) is 0.449. The summed E-state index contributed by atoms with van der Waals surface area (Å²) in [7, 11) is 0. The van der Waals surface area contributed by atoms with Crippen molar-refractivity contribution in [1.82, 2.24) is 15.0 Å². The van der Waals surface area contributed by atoms with Gasteiger partial charge in [-0.1, -0.05) is 0 Å². The van der Waals surface area contributed by atoms with E-state index < -0.39 is 0 Å². The first-order valence-electron chi connectivity index (χ1n) is 4.50. The fourth-order valence-electron chi connectivity index (χ4n) is 1.67. The van der Waals surface area contributed by atoms with Crippen molar-refractivity contribution >= 4 is 29.2 Å². The van der Waals surface area contributed by atoms with E-state index in [0.717, 1.165) is 19.4 Å². The third-order valence-electron chi connectivity index (χ3n) is 2.38. The first-order chi connectivity index (χ1) is 6.66. The van der Waals surface area contributed by atoms with Gasteiger partial charge in [0, 0.05) is 12.6 Å². The van der Waals surface area contributed by atoms with Gasteiger partial charge in [0.1, 0.15) is 0 Å². The highest BCUT2D eigenvalue weighted by Crippen LogP contribution is 2.23. The van der Waals surface area contributed by atoms with Crippen LogP contribution in [-0.4, -0.2) is 27.5 Å². The largest absolute Gasteiger partial charge is 0.338 e. The van der Waals surface area contributed by atoms with E-state index in [4.69, 9.17) is 23.2 Å². The van der Waals surface area contributed by atoms with Gasteiger partial charge >= 0.3 is 0 Å². The molecule has 1 aromatic rings. The van der Waals surface area contributed by atoms with Gasteiger partial charge in [-0.3, -0.25) is 0 Å². The molecule has 0 aliphatic carbocycles. The van der Waals surface area contributed by atoms with Crippen LogP contribution in [0.15, 0.2) is 0 Å². The maximum Gasteiger partial charge on any atom is 0.231 e. The molecule has 0 aromatic carbocycles. The Hall–Kier alpha value is -0.610. The molecule has 1 fully saturated rings. The second-order valence-corrected chi connectivity index (χ2v) is 4.03. The molecule has 0 spiro atoms. The Morgan fingerprint density at radius 2 is 1.86 bits per heavy atom. The predicted molar refractivity (Wildman–Crippen MR) is 55.9 cm³/mol. The fourth-order valence-corrected chi connectivity index (χ4v) is 2.03. The number of rotatable bonds is 1. The van der Waals surface area contributed by atoms with E-state index in [1.54, 1.807) is 0 Å². The van der Waals surface area contributed by atoms with Crippen molar-refractivity contribution in [3.63, 3.8) is 0 Å². The molecule has 76 valence electrons. The first kappa shape index (κ1) is 9.93. The Labute approximate surface area is 92.3 Å². The van der Waals surface area contributed by atoms with Crippen LogP contribution in [-0.2, 0) is 0 Å². The quantitative estimate of drug-likeness (QED) is 0.745. The van der Waals surface area contributed by atoms with E-state index in [9.17, 15) is 0 Å². The molecule has 1 aliphatic heterocycles. The van der Waals surface area contributed by atoms with Crippen molar-refractivity contribution in [3.8, 4) is 0 Å². The molecule has 1 saturated heterocycles. The van der Waals surface area contributed by atoms with Gasteiger partial charge in [0.2, 0.25) is 16.5 Å². The zero-order valence-corrected chi connectivity index (χ0v) is 9.26. The van der Waals surface area contributed by atoms with Gasteiger partial charge in [0.25, 0.3) is 0 Å². The maximum atomic E-state index is 5.70. The van der Waals surface area contributed by atoms with Crippen molar-refractivity contribution in [1.29, 1.82) is 0 Å². The Kier molecular flexibility index (Phi) is 2.74. The molecule has 14 heavy (non-hydrogen) atoms. The lowest BCUT2D eigenvalue weighted by Gasteiger charge is -2.20. The van der Waals surface area contributed by atoms with Gasteiger partial charge in [-0.2, -0.15) is 15.0 Å². The van der Waals surface area contributed by atoms with E-state index in [1.165, 1.54) is 0 Å². The monoisotopic (exact) mass is 232 g/mol. The number of anilines is 1. The summed E-state index contributed by atoms with van der Waals surface area (Å²) in [5.74, 6) is 0.583. The molecule has 0 amide bonds. The van der Waals surface area contributed by atoms with Crippen LogP contribution >= 0.6 is 23.2 Å². The van der Waals surface area contributed by atoms with Crippen LogP contribution in [0.3, 0.4) is 0 Å². The molecular formula is C8H10Cl2N4. The van der Waals surface area contributed by atoms with Crippen LogP contribution < -0.4 is 4.90 Å². The van der Waals surface area contributed by atoms with E-state index in [0.29, 0.717) is 12.0 Å². The number of halogens is 2. The molecule has 0 bridgehead atoms. The van der Waals surface area contributed by atoms with Gasteiger partial charge in [-0.05, 0) is 43.0 Å². The molecule has 1 aromatic heterocycles. The lowest BCUT2D eigenvalue weighted by atomic mass is 10.2. The number of hydrogen-bond donors (Lipinski definition) is 0. The van der Waals surface area contributed by atoms with Crippen LogP contribution in [0.1, 0.15) is 19.8 Å². The molecule has 4 nitrogen and oxygen atoms in total.